The fourth-order valence-corrected chi connectivity index (χ4v) is 2.55. The van der Waals surface area contributed by atoms with E-state index in [9.17, 15) is 4.79 Å². The Balaban J connectivity index is 2.71. The lowest BCUT2D eigenvalue weighted by Crippen LogP contribution is -2.26. The van der Waals surface area contributed by atoms with Crippen molar-refractivity contribution < 1.29 is 9.53 Å². The molecular weight excluding hydrogens is 272 g/mol. The van der Waals surface area contributed by atoms with Crippen LogP contribution in [0.5, 0.6) is 0 Å². The first kappa shape index (κ1) is 18.7. The van der Waals surface area contributed by atoms with Gasteiger partial charge in [-0.05, 0) is 76.0 Å². The number of ether oxygens (including phenoxy) is 1. The van der Waals surface area contributed by atoms with Gasteiger partial charge in [-0.2, -0.15) is 0 Å². The Morgan fingerprint density at radius 2 is 1.77 bits per heavy atom. The topological polar surface area (TPSA) is 26.3 Å². The summed E-state index contributed by atoms with van der Waals surface area (Å²) in [5, 5.41) is 0. The number of carbonyl (C=O) groups is 1. The van der Waals surface area contributed by atoms with Crippen LogP contribution in [-0.2, 0) is 16.0 Å². The third-order valence-electron chi connectivity index (χ3n) is 3.96. The van der Waals surface area contributed by atoms with Gasteiger partial charge in [0.05, 0.1) is 12.0 Å². The van der Waals surface area contributed by atoms with Crippen molar-refractivity contribution >= 4 is 5.97 Å². The standard InChI is InChI=1S/C20H32O2/c1-14(2)10-18(13-22-19(21)20(5,6)7)12-17-9-8-15(3)16(4)11-17/h8-9,11,14,18H,10,12-13H2,1-7H3. The predicted molar refractivity (Wildman–Crippen MR) is 93.0 cm³/mol. The van der Waals surface area contributed by atoms with Crippen molar-refractivity contribution in [1.82, 2.24) is 0 Å². The molecule has 1 aromatic carbocycles. The van der Waals surface area contributed by atoms with E-state index >= 15 is 0 Å². The first-order chi connectivity index (χ1) is 10.1. The fourth-order valence-electron chi connectivity index (χ4n) is 2.55. The Kier molecular flexibility index (Phi) is 6.65. The van der Waals surface area contributed by atoms with Gasteiger partial charge in [0.2, 0.25) is 0 Å². The van der Waals surface area contributed by atoms with Crippen molar-refractivity contribution in [2.24, 2.45) is 17.3 Å². The summed E-state index contributed by atoms with van der Waals surface area (Å²) in [4.78, 5) is 12.0. The number of rotatable bonds is 6. The van der Waals surface area contributed by atoms with Crippen molar-refractivity contribution in [2.45, 2.75) is 61.3 Å². The molecule has 0 N–H and O–H groups in total. The highest BCUT2D eigenvalue weighted by Gasteiger charge is 2.24. The number of aryl methyl sites for hydroxylation is 2. The Labute approximate surface area is 136 Å². The summed E-state index contributed by atoms with van der Waals surface area (Å²) in [5.41, 5.74) is 3.55. The van der Waals surface area contributed by atoms with Crippen LogP contribution < -0.4 is 0 Å². The summed E-state index contributed by atoms with van der Waals surface area (Å²) in [7, 11) is 0. The van der Waals surface area contributed by atoms with E-state index < -0.39 is 5.41 Å². The lowest BCUT2D eigenvalue weighted by molar-refractivity contribution is -0.154. The van der Waals surface area contributed by atoms with E-state index in [1.807, 2.05) is 20.8 Å². The average molecular weight is 304 g/mol. The Hall–Kier alpha value is -1.31. The van der Waals surface area contributed by atoms with E-state index in [1.54, 1.807) is 0 Å². The molecule has 1 rings (SSSR count). The van der Waals surface area contributed by atoms with Gasteiger partial charge in [-0.1, -0.05) is 32.0 Å². The third-order valence-corrected chi connectivity index (χ3v) is 3.96. The molecule has 0 aromatic heterocycles. The van der Waals surface area contributed by atoms with E-state index in [2.05, 4.69) is 45.9 Å². The first-order valence-electron chi connectivity index (χ1n) is 8.33. The highest BCUT2D eigenvalue weighted by atomic mass is 16.5. The van der Waals surface area contributed by atoms with Crippen LogP contribution >= 0.6 is 0 Å². The van der Waals surface area contributed by atoms with Gasteiger partial charge >= 0.3 is 5.97 Å². The Bertz CT molecular complexity index is 495. The van der Waals surface area contributed by atoms with Gasteiger partial charge in [0.25, 0.3) is 0 Å². The molecule has 0 aliphatic rings. The summed E-state index contributed by atoms with van der Waals surface area (Å²) in [5.74, 6) is 0.875. The second kappa shape index (κ2) is 7.80. The van der Waals surface area contributed by atoms with E-state index in [-0.39, 0.29) is 5.97 Å². The second-order valence-electron chi connectivity index (χ2n) is 7.97. The van der Waals surface area contributed by atoms with Gasteiger partial charge in [0, 0.05) is 0 Å². The molecule has 22 heavy (non-hydrogen) atoms. The quantitative estimate of drug-likeness (QED) is 0.684. The van der Waals surface area contributed by atoms with Crippen molar-refractivity contribution in [3.8, 4) is 0 Å². The zero-order valence-corrected chi connectivity index (χ0v) is 15.3. The third kappa shape index (κ3) is 6.21. The van der Waals surface area contributed by atoms with Gasteiger partial charge in [-0.15, -0.1) is 0 Å². The minimum atomic E-state index is -0.428. The minimum Gasteiger partial charge on any atom is -0.465 e. The lowest BCUT2D eigenvalue weighted by atomic mass is 9.90. The molecule has 0 aliphatic carbocycles. The minimum absolute atomic E-state index is 0.110. The molecule has 0 saturated heterocycles. The predicted octanol–water partition coefficient (Wildman–Crippen LogP) is 5.10. The van der Waals surface area contributed by atoms with Crippen LogP contribution in [-0.4, -0.2) is 12.6 Å². The summed E-state index contributed by atoms with van der Waals surface area (Å²) in [6.07, 6.45) is 2.04. The summed E-state index contributed by atoms with van der Waals surface area (Å²) < 4.78 is 5.56. The smallest absolute Gasteiger partial charge is 0.311 e. The number of esters is 1. The maximum atomic E-state index is 12.0. The molecule has 0 radical (unpaired) electrons. The molecule has 0 spiro atoms. The summed E-state index contributed by atoms with van der Waals surface area (Å²) in [6, 6.07) is 6.63. The van der Waals surface area contributed by atoms with Gasteiger partial charge in [-0.25, -0.2) is 0 Å². The first-order valence-corrected chi connectivity index (χ1v) is 8.33. The molecule has 2 nitrogen and oxygen atoms in total. The molecule has 0 saturated carbocycles. The molecular formula is C20H32O2. The lowest BCUT2D eigenvalue weighted by Gasteiger charge is -2.22. The molecule has 0 fully saturated rings. The van der Waals surface area contributed by atoms with Gasteiger partial charge in [-0.3, -0.25) is 4.79 Å². The molecule has 0 aliphatic heterocycles. The van der Waals surface area contributed by atoms with Crippen LogP contribution in [0.2, 0.25) is 0 Å². The van der Waals surface area contributed by atoms with E-state index in [0.29, 0.717) is 18.4 Å². The van der Waals surface area contributed by atoms with Crippen LogP contribution in [0.3, 0.4) is 0 Å². The van der Waals surface area contributed by atoms with Gasteiger partial charge in [0.1, 0.15) is 0 Å². The van der Waals surface area contributed by atoms with E-state index in [4.69, 9.17) is 4.74 Å². The van der Waals surface area contributed by atoms with Crippen LogP contribution in [0.25, 0.3) is 0 Å². The van der Waals surface area contributed by atoms with Crippen LogP contribution in [0.4, 0.5) is 0 Å². The molecule has 124 valence electrons. The highest BCUT2D eigenvalue weighted by molar-refractivity contribution is 5.75. The number of carbonyl (C=O) groups excluding carboxylic acids is 1. The maximum absolute atomic E-state index is 12.0. The zero-order chi connectivity index (χ0) is 16.9. The van der Waals surface area contributed by atoms with Gasteiger partial charge in [0.15, 0.2) is 0 Å². The van der Waals surface area contributed by atoms with Crippen LogP contribution in [0, 0.1) is 31.1 Å². The molecule has 1 aromatic rings. The zero-order valence-electron chi connectivity index (χ0n) is 15.3. The largest absolute Gasteiger partial charge is 0.465 e. The van der Waals surface area contributed by atoms with Crippen LogP contribution in [0.15, 0.2) is 18.2 Å². The fraction of sp³-hybridized carbons (Fsp3) is 0.650. The Morgan fingerprint density at radius 1 is 1.14 bits per heavy atom. The highest BCUT2D eigenvalue weighted by Crippen LogP contribution is 2.22. The Morgan fingerprint density at radius 3 is 2.27 bits per heavy atom. The van der Waals surface area contributed by atoms with Crippen LogP contribution in [0.1, 0.15) is 57.7 Å². The van der Waals surface area contributed by atoms with E-state index in [1.165, 1.54) is 16.7 Å². The van der Waals surface area contributed by atoms with Crippen molar-refractivity contribution in [3.05, 3.63) is 34.9 Å². The maximum Gasteiger partial charge on any atom is 0.311 e. The number of hydrogen-bond donors (Lipinski definition) is 0. The molecule has 2 heteroatoms. The van der Waals surface area contributed by atoms with Gasteiger partial charge < -0.3 is 4.74 Å². The van der Waals surface area contributed by atoms with Crippen molar-refractivity contribution in [3.63, 3.8) is 0 Å². The summed E-state index contributed by atoms with van der Waals surface area (Å²) in [6.45, 7) is 14.9. The average Bonchev–Trinajstić information content (AvgIpc) is 2.38. The number of benzene rings is 1. The summed E-state index contributed by atoms with van der Waals surface area (Å²) >= 11 is 0. The normalized spacial score (nSPS) is 13.3. The molecule has 0 amide bonds. The molecule has 0 heterocycles. The molecule has 1 unspecified atom stereocenters. The molecule has 1 atom stereocenters. The van der Waals surface area contributed by atoms with Crippen molar-refractivity contribution in [1.29, 1.82) is 0 Å². The number of hydrogen-bond acceptors (Lipinski definition) is 2. The SMILES string of the molecule is Cc1ccc(CC(COC(=O)C(C)(C)C)CC(C)C)cc1C. The molecule has 0 bridgehead atoms. The second-order valence-corrected chi connectivity index (χ2v) is 7.97. The van der Waals surface area contributed by atoms with E-state index in [0.717, 1.165) is 12.8 Å². The monoisotopic (exact) mass is 304 g/mol. The van der Waals surface area contributed by atoms with Crippen molar-refractivity contribution in [2.75, 3.05) is 6.61 Å².